The number of imidazole rings is 1. The summed E-state index contributed by atoms with van der Waals surface area (Å²) < 4.78 is 53.5. The highest BCUT2D eigenvalue weighted by molar-refractivity contribution is 7.98. The number of carbonyl (C=O) groups is 1. The highest BCUT2D eigenvalue weighted by Gasteiger charge is 2.33. The van der Waals surface area contributed by atoms with E-state index in [2.05, 4.69) is 15.0 Å². The van der Waals surface area contributed by atoms with E-state index in [0.29, 0.717) is 17.8 Å². The quantitative estimate of drug-likeness (QED) is 0.243. The number of aromatic nitrogens is 3. The van der Waals surface area contributed by atoms with Crippen LogP contribution in [0.3, 0.4) is 0 Å². The molecule has 1 amide bonds. The summed E-state index contributed by atoms with van der Waals surface area (Å²) in [6.45, 7) is 0.310. The van der Waals surface area contributed by atoms with E-state index in [1.807, 2.05) is 0 Å². The van der Waals surface area contributed by atoms with E-state index in [0.717, 1.165) is 23.4 Å². The van der Waals surface area contributed by atoms with E-state index in [9.17, 15) is 22.4 Å². The molecule has 1 N–H and O–H groups in total. The minimum Gasteiger partial charge on any atom is -0.336 e. The minimum absolute atomic E-state index is 0.00740. The summed E-state index contributed by atoms with van der Waals surface area (Å²) in [4.78, 5) is 26.2. The van der Waals surface area contributed by atoms with Gasteiger partial charge in [-0.25, -0.2) is 9.37 Å². The molecule has 0 aliphatic carbocycles. The second kappa shape index (κ2) is 10.3. The Kier molecular flexibility index (Phi) is 7.20. The number of pyridine rings is 1. The van der Waals surface area contributed by atoms with E-state index < -0.39 is 17.6 Å². The number of alkyl halides is 3. The third kappa shape index (κ3) is 5.89. The highest BCUT2D eigenvalue weighted by atomic mass is 32.2. The number of nitrogens with zero attached hydrogens (tertiary/aromatic N) is 3. The fourth-order valence-corrected chi connectivity index (χ4v) is 4.36. The molecule has 0 spiro atoms. The molecule has 0 bridgehead atoms. The molecule has 0 aliphatic heterocycles. The summed E-state index contributed by atoms with van der Waals surface area (Å²) in [5, 5.41) is 0.280. The van der Waals surface area contributed by atoms with E-state index in [1.54, 1.807) is 37.6 Å². The van der Waals surface area contributed by atoms with Crippen LogP contribution in [-0.2, 0) is 18.5 Å². The topological polar surface area (TPSA) is 61.9 Å². The third-order valence-electron chi connectivity index (χ3n) is 5.22. The number of H-pyrrole nitrogens is 1. The Morgan fingerprint density at radius 3 is 2.40 bits per heavy atom. The molecule has 0 radical (unpaired) electrons. The minimum atomic E-state index is -4.48. The monoisotopic (exact) mass is 500 g/mol. The Morgan fingerprint density at radius 2 is 1.71 bits per heavy atom. The summed E-state index contributed by atoms with van der Waals surface area (Å²) in [7, 11) is 1.63. The fraction of sp³-hybridized carbons (Fsp3) is 0.160. The van der Waals surface area contributed by atoms with Crippen molar-refractivity contribution in [2.45, 2.75) is 23.6 Å². The van der Waals surface area contributed by atoms with Crippen molar-refractivity contribution in [3.05, 3.63) is 101 Å². The molecule has 0 atom stereocenters. The lowest BCUT2D eigenvalue weighted by Crippen LogP contribution is -2.27. The second-order valence-electron chi connectivity index (χ2n) is 7.73. The third-order valence-corrected chi connectivity index (χ3v) is 6.14. The molecule has 2 aromatic carbocycles. The molecule has 35 heavy (non-hydrogen) atoms. The first-order valence-corrected chi connectivity index (χ1v) is 11.5. The van der Waals surface area contributed by atoms with Crippen molar-refractivity contribution in [1.82, 2.24) is 19.9 Å². The van der Waals surface area contributed by atoms with Gasteiger partial charge in [0.1, 0.15) is 17.2 Å². The van der Waals surface area contributed by atoms with E-state index >= 15 is 0 Å². The normalized spacial score (nSPS) is 11.5. The number of hydrogen-bond donors (Lipinski definition) is 1. The molecule has 180 valence electrons. The average molecular weight is 501 g/mol. The summed E-state index contributed by atoms with van der Waals surface area (Å²) in [6, 6.07) is 14.4. The van der Waals surface area contributed by atoms with Crippen LogP contribution in [0.2, 0.25) is 0 Å². The second-order valence-corrected chi connectivity index (χ2v) is 8.70. The van der Waals surface area contributed by atoms with Gasteiger partial charge >= 0.3 is 6.18 Å². The molecule has 0 unspecified atom stereocenters. The summed E-state index contributed by atoms with van der Waals surface area (Å²) in [5.74, 6) is -0.812. The van der Waals surface area contributed by atoms with Crippen LogP contribution in [0, 0.1) is 5.82 Å². The van der Waals surface area contributed by atoms with E-state index in [-0.39, 0.29) is 28.1 Å². The van der Waals surface area contributed by atoms with Crippen molar-refractivity contribution in [3.63, 3.8) is 0 Å². The number of thioether (sulfide) groups is 1. The van der Waals surface area contributed by atoms with Gasteiger partial charge in [-0.05, 0) is 53.6 Å². The molecule has 4 rings (SSSR count). The van der Waals surface area contributed by atoms with Crippen LogP contribution in [0.4, 0.5) is 17.6 Å². The molecular weight excluding hydrogens is 480 g/mol. The van der Waals surface area contributed by atoms with Crippen LogP contribution >= 0.6 is 11.8 Å². The smallest absolute Gasteiger partial charge is 0.336 e. The maximum Gasteiger partial charge on any atom is 0.416 e. The first-order chi connectivity index (χ1) is 16.7. The number of aromatic amines is 1. The maximum atomic E-state index is 13.5. The number of amides is 1. The number of nitrogens with one attached hydrogen (secondary N) is 1. The van der Waals surface area contributed by atoms with Crippen molar-refractivity contribution < 1.29 is 22.4 Å². The zero-order chi connectivity index (χ0) is 25.0. The zero-order valence-corrected chi connectivity index (χ0v) is 19.3. The van der Waals surface area contributed by atoms with Gasteiger partial charge in [0.2, 0.25) is 0 Å². The predicted octanol–water partition coefficient (Wildman–Crippen LogP) is 6.19. The van der Waals surface area contributed by atoms with Crippen molar-refractivity contribution in [2.24, 2.45) is 0 Å². The largest absolute Gasteiger partial charge is 0.416 e. The molecule has 0 aliphatic rings. The van der Waals surface area contributed by atoms with Crippen LogP contribution in [-0.4, -0.2) is 32.8 Å². The molecule has 4 aromatic rings. The number of halogens is 4. The highest BCUT2D eigenvalue weighted by Crippen LogP contribution is 2.35. The van der Waals surface area contributed by atoms with Gasteiger partial charge in [-0.2, -0.15) is 13.2 Å². The van der Waals surface area contributed by atoms with Gasteiger partial charge in [-0.3, -0.25) is 9.78 Å². The lowest BCUT2D eigenvalue weighted by molar-refractivity contribution is -0.138. The molecule has 0 fully saturated rings. The van der Waals surface area contributed by atoms with Crippen molar-refractivity contribution in [2.75, 3.05) is 7.05 Å². The van der Waals surface area contributed by atoms with Crippen LogP contribution in [0.25, 0.3) is 11.3 Å². The Balaban J connectivity index is 1.63. The standard InChI is InChI=1S/C25H20F4N4OS/c1-33(14-16-10-12-30-13-11-16)23(34)22-21(17-6-8-19(26)9-7-17)31-24(32-22)35-15-18-4-2-3-5-20(18)25(27,28)29/h2-13H,14-15H2,1H3,(H,31,32). The lowest BCUT2D eigenvalue weighted by atomic mass is 10.1. The average Bonchev–Trinajstić information content (AvgIpc) is 3.27. The SMILES string of the molecule is CN(Cc1ccncc1)C(=O)c1[nH]c(SCc2ccccc2C(F)(F)F)nc1-c1ccc(F)cc1. The molecular formula is C25H20F4N4OS. The summed E-state index contributed by atoms with van der Waals surface area (Å²) in [5.41, 5.74) is 1.23. The Morgan fingerprint density at radius 1 is 1.03 bits per heavy atom. The van der Waals surface area contributed by atoms with Crippen LogP contribution in [0.1, 0.15) is 27.2 Å². The van der Waals surface area contributed by atoms with Gasteiger partial charge in [0.15, 0.2) is 5.16 Å². The lowest BCUT2D eigenvalue weighted by Gasteiger charge is -2.17. The predicted molar refractivity (Wildman–Crippen MR) is 125 cm³/mol. The van der Waals surface area contributed by atoms with Crippen molar-refractivity contribution in [1.29, 1.82) is 0 Å². The number of benzene rings is 2. The van der Waals surface area contributed by atoms with Gasteiger partial charge in [0, 0.05) is 37.3 Å². The summed E-state index contributed by atoms with van der Waals surface area (Å²) in [6.07, 6.45) is -1.22. The zero-order valence-electron chi connectivity index (χ0n) is 18.5. The van der Waals surface area contributed by atoms with Crippen LogP contribution in [0.5, 0.6) is 0 Å². The van der Waals surface area contributed by atoms with Gasteiger partial charge in [0.25, 0.3) is 5.91 Å². The summed E-state index contributed by atoms with van der Waals surface area (Å²) >= 11 is 1.05. The number of rotatable bonds is 7. The van der Waals surface area contributed by atoms with Crippen molar-refractivity contribution in [3.8, 4) is 11.3 Å². The van der Waals surface area contributed by atoms with E-state index in [4.69, 9.17) is 0 Å². The molecule has 2 heterocycles. The molecule has 5 nitrogen and oxygen atoms in total. The van der Waals surface area contributed by atoms with E-state index in [1.165, 1.54) is 41.3 Å². The Labute approximate surface area is 203 Å². The molecule has 2 aromatic heterocycles. The Hall–Kier alpha value is -3.66. The van der Waals surface area contributed by atoms with Crippen LogP contribution in [0.15, 0.2) is 78.2 Å². The first kappa shape index (κ1) is 24.5. The Bertz CT molecular complexity index is 1310. The molecule has 0 saturated carbocycles. The fourth-order valence-electron chi connectivity index (χ4n) is 3.48. The number of hydrogen-bond acceptors (Lipinski definition) is 4. The van der Waals surface area contributed by atoms with Crippen LogP contribution < -0.4 is 0 Å². The van der Waals surface area contributed by atoms with Crippen molar-refractivity contribution >= 4 is 17.7 Å². The maximum absolute atomic E-state index is 13.5. The van der Waals surface area contributed by atoms with Gasteiger partial charge in [0.05, 0.1) is 5.56 Å². The first-order valence-electron chi connectivity index (χ1n) is 10.5. The molecule has 10 heteroatoms. The van der Waals surface area contributed by atoms with Gasteiger partial charge < -0.3 is 9.88 Å². The number of carbonyl (C=O) groups excluding carboxylic acids is 1. The molecule has 0 saturated heterocycles. The van der Waals surface area contributed by atoms with Gasteiger partial charge in [-0.1, -0.05) is 30.0 Å². The van der Waals surface area contributed by atoms with Gasteiger partial charge in [-0.15, -0.1) is 0 Å².